The van der Waals surface area contributed by atoms with Crippen LogP contribution < -0.4 is 4.72 Å². The molecule has 1 aromatic heterocycles. The molecule has 0 aliphatic rings. The van der Waals surface area contributed by atoms with Crippen LogP contribution in [0.5, 0.6) is 0 Å². The molecule has 0 spiro atoms. The Hall–Kier alpha value is -0.920. The van der Waals surface area contributed by atoms with Gasteiger partial charge in [-0.2, -0.15) is 5.10 Å². The first-order valence-corrected chi connectivity index (χ1v) is 8.02. The van der Waals surface area contributed by atoms with Crippen molar-refractivity contribution >= 4 is 10.0 Å². The minimum Gasteiger partial charge on any atom is -0.394 e. The van der Waals surface area contributed by atoms with Crippen LogP contribution in [0, 0.1) is 13.8 Å². The second-order valence-corrected chi connectivity index (χ2v) is 6.23. The average Bonchev–Trinajstić information content (AvgIpc) is 2.62. The van der Waals surface area contributed by atoms with Crippen LogP contribution in [0.3, 0.4) is 0 Å². The van der Waals surface area contributed by atoms with E-state index < -0.39 is 10.0 Å². The summed E-state index contributed by atoms with van der Waals surface area (Å²) < 4.78 is 29.0. The average molecular weight is 289 g/mol. The molecule has 1 heterocycles. The second-order valence-electron chi connectivity index (χ2n) is 4.58. The summed E-state index contributed by atoms with van der Waals surface area (Å²) in [6.07, 6.45) is 1.50. The maximum Gasteiger partial charge on any atom is 0.244 e. The van der Waals surface area contributed by atoms with Gasteiger partial charge in [-0.3, -0.25) is 4.68 Å². The molecular formula is C12H23N3O3S. The Morgan fingerprint density at radius 3 is 2.37 bits per heavy atom. The standard InChI is InChI=1S/C12H23N3O3S/c1-5-11(6-2)14-19(17,18)12-9(3)13-15(7-8-16)10(12)4/h11,14,16H,5-8H2,1-4H3. The molecule has 0 fully saturated rings. The Bertz CT molecular complexity index is 519. The summed E-state index contributed by atoms with van der Waals surface area (Å²) in [6.45, 7) is 7.51. The Kier molecular flexibility index (Phi) is 5.51. The van der Waals surface area contributed by atoms with E-state index in [0.29, 0.717) is 17.9 Å². The molecule has 110 valence electrons. The first-order chi connectivity index (χ1) is 8.87. The topological polar surface area (TPSA) is 84.2 Å². The lowest BCUT2D eigenvalue weighted by Gasteiger charge is -2.15. The number of rotatable bonds is 7. The Morgan fingerprint density at radius 2 is 1.89 bits per heavy atom. The summed E-state index contributed by atoms with van der Waals surface area (Å²) in [5.74, 6) is 0. The van der Waals surface area contributed by atoms with Gasteiger partial charge in [-0.25, -0.2) is 13.1 Å². The van der Waals surface area contributed by atoms with Crippen LogP contribution in [-0.2, 0) is 16.6 Å². The SMILES string of the molecule is CCC(CC)NS(=O)(=O)c1c(C)nn(CCO)c1C. The molecule has 19 heavy (non-hydrogen) atoms. The first-order valence-electron chi connectivity index (χ1n) is 6.54. The second kappa shape index (κ2) is 6.49. The van der Waals surface area contributed by atoms with Crippen LogP contribution in [-0.4, -0.2) is 36.0 Å². The zero-order valence-corrected chi connectivity index (χ0v) is 12.8. The van der Waals surface area contributed by atoms with E-state index >= 15 is 0 Å². The number of aryl methyl sites for hydroxylation is 1. The molecule has 0 saturated heterocycles. The number of nitrogens with zero attached hydrogens (tertiary/aromatic N) is 2. The van der Waals surface area contributed by atoms with Crippen LogP contribution in [0.2, 0.25) is 0 Å². The lowest BCUT2D eigenvalue weighted by atomic mass is 10.2. The highest BCUT2D eigenvalue weighted by molar-refractivity contribution is 7.89. The maximum atomic E-state index is 12.4. The smallest absolute Gasteiger partial charge is 0.244 e. The van der Waals surface area contributed by atoms with Crippen LogP contribution in [0.1, 0.15) is 38.1 Å². The minimum atomic E-state index is -3.56. The van der Waals surface area contributed by atoms with E-state index in [4.69, 9.17) is 5.11 Å². The number of aliphatic hydroxyl groups is 1. The van der Waals surface area contributed by atoms with Gasteiger partial charge in [0.1, 0.15) is 4.90 Å². The normalized spacial score (nSPS) is 12.3. The Labute approximate surface area is 114 Å². The molecule has 0 aliphatic heterocycles. The van der Waals surface area contributed by atoms with Crippen molar-refractivity contribution in [2.24, 2.45) is 0 Å². The summed E-state index contributed by atoms with van der Waals surface area (Å²) in [5.41, 5.74) is 1.02. The van der Waals surface area contributed by atoms with Gasteiger partial charge in [-0.1, -0.05) is 13.8 Å². The monoisotopic (exact) mass is 289 g/mol. The molecule has 0 amide bonds. The predicted octanol–water partition coefficient (Wildman–Crippen LogP) is 0.959. The molecular weight excluding hydrogens is 266 g/mol. The third-order valence-electron chi connectivity index (χ3n) is 3.20. The van der Waals surface area contributed by atoms with Gasteiger partial charge in [0.15, 0.2) is 0 Å². The Morgan fingerprint density at radius 1 is 1.32 bits per heavy atom. The van der Waals surface area contributed by atoms with Crippen LogP contribution in [0.25, 0.3) is 0 Å². The summed E-state index contributed by atoms with van der Waals surface area (Å²) in [4.78, 5) is 0.229. The number of nitrogens with one attached hydrogen (secondary N) is 1. The highest BCUT2D eigenvalue weighted by Crippen LogP contribution is 2.20. The van der Waals surface area contributed by atoms with Crippen LogP contribution in [0.15, 0.2) is 4.90 Å². The van der Waals surface area contributed by atoms with E-state index in [-0.39, 0.29) is 17.5 Å². The number of aliphatic hydroxyl groups excluding tert-OH is 1. The van der Waals surface area contributed by atoms with Crippen LogP contribution >= 0.6 is 0 Å². The molecule has 0 aromatic carbocycles. The molecule has 1 rings (SSSR count). The van der Waals surface area contributed by atoms with Crippen LogP contribution in [0.4, 0.5) is 0 Å². The van der Waals surface area contributed by atoms with Gasteiger partial charge >= 0.3 is 0 Å². The zero-order valence-electron chi connectivity index (χ0n) is 12.0. The van der Waals surface area contributed by atoms with E-state index in [2.05, 4.69) is 9.82 Å². The number of hydrogen-bond acceptors (Lipinski definition) is 4. The summed E-state index contributed by atoms with van der Waals surface area (Å²) in [7, 11) is -3.56. The summed E-state index contributed by atoms with van der Waals surface area (Å²) >= 11 is 0. The van der Waals surface area contributed by atoms with Crippen molar-refractivity contribution in [2.45, 2.75) is 58.0 Å². The highest BCUT2D eigenvalue weighted by atomic mass is 32.2. The summed E-state index contributed by atoms with van der Waals surface area (Å²) in [6, 6.07) is -0.0648. The van der Waals surface area contributed by atoms with Gasteiger partial charge in [-0.05, 0) is 26.7 Å². The van der Waals surface area contributed by atoms with E-state index in [0.717, 1.165) is 12.8 Å². The first kappa shape index (κ1) is 16.1. The fraction of sp³-hybridized carbons (Fsp3) is 0.750. The number of sulfonamides is 1. The fourth-order valence-corrected chi connectivity index (χ4v) is 3.93. The molecule has 0 bridgehead atoms. The molecule has 0 radical (unpaired) electrons. The lowest BCUT2D eigenvalue weighted by Crippen LogP contribution is -2.34. The van der Waals surface area contributed by atoms with Gasteiger partial charge in [0, 0.05) is 6.04 Å². The molecule has 0 atom stereocenters. The minimum absolute atomic E-state index is 0.0648. The van der Waals surface area contributed by atoms with Crippen molar-refractivity contribution < 1.29 is 13.5 Å². The molecule has 0 aliphatic carbocycles. The third kappa shape index (κ3) is 3.55. The van der Waals surface area contributed by atoms with Crippen molar-refractivity contribution in [2.75, 3.05) is 6.61 Å². The third-order valence-corrected chi connectivity index (χ3v) is 4.97. The lowest BCUT2D eigenvalue weighted by molar-refractivity contribution is 0.267. The largest absolute Gasteiger partial charge is 0.394 e. The zero-order chi connectivity index (χ0) is 14.6. The van der Waals surface area contributed by atoms with E-state index in [1.165, 1.54) is 4.68 Å². The predicted molar refractivity (Wildman–Crippen MR) is 73.5 cm³/mol. The Balaban J connectivity index is 3.14. The van der Waals surface area contributed by atoms with E-state index in [1.807, 2.05) is 13.8 Å². The molecule has 6 nitrogen and oxygen atoms in total. The van der Waals surface area contributed by atoms with Gasteiger partial charge < -0.3 is 5.11 Å². The molecule has 0 saturated carbocycles. The molecule has 7 heteroatoms. The van der Waals surface area contributed by atoms with Gasteiger partial charge in [0.05, 0.1) is 24.5 Å². The van der Waals surface area contributed by atoms with Crippen molar-refractivity contribution in [3.05, 3.63) is 11.4 Å². The fourth-order valence-electron chi connectivity index (χ4n) is 2.12. The molecule has 0 unspecified atom stereocenters. The number of aromatic nitrogens is 2. The van der Waals surface area contributed by atoms with Crippen molar-refractivity contribution in [1.82, 2.24) is 14.5 Å². The van der Waals surface area contributed by atoms with Gasteiger partial charge in [0.25, 0.3) is 0 Å². The van der Waals surface area contributed by atoms with Crippen molar-refractivity contribution in [3.63, 3.8) is 0 Å². The quantitative estimate of drug-likeness (QED) is 0.783. The van der Waals surface area contributed by atoms with Crippen molar-refractivity contribution in [1.29, 1.82) is 0 Å². The van der Waals surface area contributed by atoms with E-state index in [9.17, 15) is 8.42 Å². The summed E-state index contributed by atoms with van der Waals surface area (Å²) in [5, 5.41) is 13.1. The molecule has 1 aromatic rings. The van der Waals surface area contributed by atoms with Crippen molar-refractivity contribution in [3.8, 4) is 0 Å². The van der Waals surface area contributed by atoms with E-state index in [1.54, 1.807) is 13.8 Å². The number of hydrogen-bond donors (Lipinski definition) is 2. The maximum absolute atomic E-state index is 12.4. The molecule has 2 N–H and O–H groups in total. The van der Waals surface area contributed by atoms with Gasteiger partial charge in [-0.15, -0.1) is 0 Å². The van der Waals surface area contributed by atoms with Gasteiger partial charge in [0.2, 0.25) is 10.0 Å². The highest BCUT2D eigenvalue weighted by Gasteiger charge is 2.26.